The van der Waals surface area contributed by atoms with Gasteiger partial charge < -0.3 is 5.32 Å². The van der Waals surface area contributed by atoms with Crippen LogP contribution < -0.4 is 9.62 Å². The average Bonchev–Trinajstić information content (AvgIpc) is 2.76. The summed E-state index contributed by atoms with van der Waals surface area (Å²) in [6, 6.07) is 15.8. The van der Waals surface area contributed by atoms with Crippen LogP contribution in [0, 0.1) is 6.92 Å². The second-order valence-electron chi connectivity index (χ2n) is 8.71. The molecule has 0 atom stereocenters. The number of likely N-dealkylation sites (tertiary alicyclic amines) is 1. The lowest BCUT2D eigenvalue weighted by Gasteiger charge is -2.26. The molecule has 0 saturated carbocycles. The smallest absolute Gasteiger partial charge is 0.232 e. The topological polar surface area (TPSA) is 69.7 Å². The number of carbonyl (C=O) groups excluding carboxylic acids is 1. The molecule has 174 valence electrons. The van der Waals surface area contributed by atoms with Crippen molar-refractivity contribution >= 4 is 21.6 Å². The van der Waals surface area contributed by atoms with E-state index in [1.54, 1.807) is 6.07 Å². The van der Waals surface area contributed by atoms with E-state index in [0.717, 1.165) is 17.7 Å². The monoisotopic (exact) mass is 457 g/mol. The molecule has 0 bridgehead atoms. The maximum atomic E-state index is 12.3. The van der Waals surface area contributed by atoms with Crippen LogP contribution in [0.5, 0.6) is 0 Å². The molecule has 1 heterocycles. The number of piperidine rings is 1. The second kappa shape index (κ2) is 11.5. The zero-order chi connectivity index (χ0) is 23.0. The summed E-state index contributed by atoms with van der Waals surface area (Å²) in [6.07, 6.45) is 5.86. The molecule has 0 spiro atoms. The Labute approximate surface area is 192 Å². The fourth-order valence-electron chi connectivity index (χ4n) is 4.08. The summed E-state index contributed by atoms with van der Waals surface area (Å²) in [6.45, 7) is 6.04. The number of sulfonamides is 1. The molecular formula is C25H35N3O3S. The van der Waals surface area contributed by atoms with Crippen LogP contribution in [0.3, 0.4) is 0 Å². The van der Waals surface area contributed by atoms with Crippen molar-refractivity contribution in [1.82, 2.24) is 10.2 Å². The van der Waals surface area contributed by atoms with Crippen molar-refractivity contribution < 1.29 is 13.2 Å². The van der Waals surface area contributed by atoms with Gasteiger partial charge in [-0.25, -0.2) is 8.42 Å². The Morgan fingerprint density at radius 2 is 1.72 bits per heavy atom. The van der Waals surface area contributed by atoms with Gasteiger partial charge in [0.2, 0.25) is 15.9 Å². The van der Waals surface area contributed by atoms with Gasteiger partial charge in [-0.15, -0.1) is 0 Å². The molecule has 6 nitrogen and oxygen atoms in total. The van der Waals surface area contributed by atoms with Crippen molar-refractivity contribution in [3.05, 3.63) is 65.2 Å². The van der Waals surface area contributed by atoms with Crippen molar-refractivity contribution in [3.8, 4) is 0 Å². The van der Waals surface area contributed by atoms with Crippen LogP contribution in [0.15, 0.2) is 48.5 Å². The number of nitrogens with zero attached hydrogens (tertiary/aromatic N) is 2. The molecule has 0 aromatic heterocycles. The van der Waals surface area contributed by atoms with Gasteiger partial charge in [-0.3, -0.25) is 14.0 Å². The molecule has 1 fully saturated rings. The highest BCUT2D eigenvalue weighted by molar-refractivity contribution is 7.92. The van der Waals surface area contributed by atoms with Gasteiger partial charge >= 0.3 is 0 Å². The Morgan fingerprint density at radius 1 is 1.03 bits per heavy atom. The van der Waals surface area contributed by atoms with Gasteiger partial charge in [0, 0.05) is 26.1 Å². The van der Waals surface area contributed by atoms with Crippen molar-refractivity contribution in [2.24, 2.45) is 0 Å². The van der Waals surface area contributed by atoms with Crippen molar-refractivity contribution in [3.63, 3.8) is 0 Å². The summed E-state index contributed by atoms with van der Waals surface area (Å²) in [5, 5.41) is 2.94. The lowest BCUT2D eigenvalue weighted by molar-refractivity contribution is -0.121. The minimum atomic E-state index is -3.40. The molecule has 2 aromatic carbocycles. The predicted molar refractivity (Wildman–Crippen MR) is 130 cm³/mol. The van der Waals surface area contributed by atoms with Gasteiger partial charge in [-0.2, -0.15) is 0 Å². The van der Waals surface area contributed by atoms with Gasteiger partial charge in [0.1, 0.15) is 0 Å². The molecule has 1 amide bonds. The summed E-state index contributed by atoms with van der Waals surface area (Å²) in [5.74, 6) is -0.0694. The molecule has 2 aromatic rings. The molecule has 7 heteroatoms. The number of anilines is 1. The van der Waals surface area contributed by atoms with Crippen molar-refractivity contribution in [2.45, 2.75) is 52.1 Å². The maximum Gasteiger partial charge on any atom is 0.232 e. The SMILES string of the molecule is Cc1cccc(N(CCCC(=O)NCc2ccc(CN3CCCCC3)cc2)S(C)(=O)=O)c1. The molecule has 1 aliphatic rings. The molecule has 1 N–H and O–H groups in total. The summed E-state index contributed by atoms with van der Waals surface area (Å²) in [5.41, 5.74) is 4.01. The number of amides is 1. The number of nitrogens with one attached hydrogen (secondary N) is 1. The Bertz CT molecular complexity index is 984. The molecular weight excluding hydrogens is 422 g/mol. The second-order valence-corrected chi connectivity index (χ2v) is 10.6. The lowest BCUT2D eigenvalue weighted by Crippen LogP contribution is -2.32. The van der Waals surface area contributed by atoms with Crippen LogP contribution in [-0.2, 0) is 27.9 Å². The third kappa shape index (κ3) is 7.64. The minimum Gasteiger partial charge on any atom is -0.352 e. The highest BCUT2D eigenvalue weighted by Gasteiger charge is 2.17. The zero-order valence-electron chi connectivity index (χ0n) is 19.2. The Hall–Kier alpha value is -2.38. The maximum absolute atomic E-state index is 12.3. The summed E-state index contributed by atoms with van der Waals surface area (Å²) >= 11 is 0. The zero-order valence-corrected chi connectivity index (χ0v) is 20.0. The van der Waals surface area contributed by atoms with Crippen LogP contribution in [0.25, 0.3) is 0 Å². The summed E-state index contributed by atoms with van der Waals surface area (Å²) in [7, 11) is -3.40. The first kappa shape index (κ1) is 24.3. The largest absolute Gasteiger partial charge is 0.352 e. The first-order valence-corrected chi connectivity index (χ1v) is 13.3. The highest BCUT2D eigenvalue weighted by atomic mass is 32.2. The molecule has 0 unspecified atom stereocenters. The van der Waals surface area contributed by atoms with Gasteiger partial charge in [0.25, 0.3) is 0 Å². The number of benzene rings is 2. The van der Waals surface area contributed by atoms with Crippen LogP contribution in [-0.4, -0.2) is 45.1 Å². The Morgan fingerprint density at radius 3 is 2.38 bits per heavy atom. The molecule has 0 radical (unpaired) electrons. The first-order chi connectivity index (χ1) is 15.3. The van der Waals surface area contributed by atoms with Crippen LogP contribution in [0.2, 0.25) is 0 Å². The van der Waals surface area contributed by atoms with Crippen molar-refractivity contribution in [1.29, 1.82) is 0 Å². The number of aryl methyl sites for hydroxylation is 1. The molecule has 0 aliphatic carbocycles. The average molecular weight is 458 g/mol. The summed E-state index contributed by atoms with van der Waals surface area (Å²) < 4.78 is 25.8. The van der Waals surface area contributed by atoms with Gasteiger partial charge in [0.05, 0.1) is 11.9 Å². The van der Waals surface area contributed by atoms with E-state index in [1.807, 2.05) is 25.1 Å². The number of hydrogen-bond donors (Lipinski definition) is 1. The van der Waals surface area contributed by atoms with Gasteiger partial charge in [-0.05, 0) is 68.1 Å². The van der Waals surface area contributed by atoms with E-state index in [-0.39, 0.29) is 18.9 Å². The van der Waals surface area contributed by atoms with E-state index in [9.17, 15) is 13.2 Å². The van der Waals surface area contributed by atoms with E-state index in [0.29, 0.717) is 18.7 Å². The van der Waals surface area contributed by atoms with E-state index < -0.39 is 10.0 Å². The molecule has 32 heavy (non-hydrogen) atoms. The van der Waals surface area contributed by atoms with Crippen LogP contribution in [0.4, 0.5) is 5.69 Å². The number of rotatable bonds is 10. The van der Waals surface area contributed by atoms with Gasteiger partial charge in [0.15, 0.2) is 0 Å². The minimum absolute atomic E-state index is 0.0694. The van der Waals surface area contributed by atoms with Crippen LogP contribution >= 0.6 is 0 Å². The fraction of sp³-hybridized carbons (Fsp3) is 0.480. The fourth-order valence-corrected chi connectivity index (χ4v) is 5.04. The molecule has 3 rings (SSSR count). The third-order valence-corrected chi connectivity index (χ3v) is 7.02. The predicted octanol–water partition coefficient (Wildman–Crippen LogP) is 3.84. The number of hydrogen-bond acceptors (Lipinski definition) is 4. The van der Waals surface area contributed by atoms with Gasteiger partial charge in [-0.1, -0.05) is 42.8 Å². The van der Waals surface area contributed by atoms with E-state index >= 15 is 0 Å². The van der Waals surface area contributed by atoms with E-state index in [1.165, 1.54) is 48.5 Å². The molecule has 1 saturated heterocycles. The highest BCUT2D eigenvalue weighted by Crippen LogP contribution is 2.19. The van der Waals surface area contributed by atoms with E-state index in [4.69, 9.17) is 0 Å². The van der Waals surface area contributed by atoms with Crippen LogP contribution in [0.1, 0.15) is 48.8 Å². The standard InChI is InChI=1S/C25H35N3O3S/c1-21-8-6-9-24(18-21)28(32(2,30)31)17-7-10-25(29)26-19-22-11-13-23(14-12-22)20-27-15-4-3-5-16-27/h6,8-9,11-14,18H,3-5,7,10,15-17,19-20H2,1-2H3,(H,26,29). The lowest BCUT2D eigenvalue weighted by atomic mass is 10.1. The normalized spacial score (nSPS) is 14.8. The summed E-state index contributed by atoms with van der Waals surface area (Å²) in [4.78, 5) is 14.8. The number of carbonyl (C=O) groups is 1. The third-order valence-electron chi connectivity index (χ3n) is 5.82. The first-order valence-electron chi connectivity index (χ1n) is 11.4. The van der Waals surface area contributed by atoms with E-state index in [2.05, 4.69) is 34.5 Å². The quantitative estimate of drug-likeness (QED) is 0.588. The molecule has 1 aliphatic heterocycles. The Balaban J connectivity index is 1.43. The Kier molecular flexibility index (Phi) is 8.70. The van der Waals surface area contributed by atoms with Crippen molar-refractivity contribution in [2.75, 3.05) is 30.2 Å².